The largest absolute Gasteiger partial charge is 0.378 e. The number of rotatable bonds is 7. The number of nitrogens with one attached hydrogen (secondary N) is 2. The van der Waals surface area contributed by atoms with Gasteiger partial charge in [0.1, 0.15) is 22.9 Å². The summed E-state index contributed by atoms with van der Waals surface area (Å²) < 4.78 is 57.2. The van der Waals surface area contributed by atoms with Gasteiger partial charge in [0.05, 0.1) is 17.3 Å². The molecule has 0 saturated carbocycles. The lowest BCUT2D eigenvalue weighted by Gasteiger charge is -2.22. The predicted molar refractivity (Wildman–Crippen MR) is 150 cm³/mol. The van der Waals surface area contributed by atoms with Crippen LogP contribution in [0.5, 0.6) is 0 Å². The molecular weight excluding hydrogens is 552 g/mol. The van der Waals surface area contributed by atoms with Crippen LogP contribution in [0.4, 0.5) is 8.78 Å². The first-order valence-electron chi connectivity index (χ1n) is 12.6. The Balaban J connectivity index is 2.00. The number of fused-ring (bicyclic) bond motifs is 1. The smallest absolute Gasteiger partial charge is 0.260 e. The molecule has 0 unspecified atom stereocenters. The third-order valence-corrected chi connectivity index (χ3v) is 7.48. The minimum atomic E-state index is -3.89. The molecule has 0 fully saturated rings. The third-order valence-electron chi connectivity index (χ3n) is 6.14. The number of carbonyl (C=O) groups excluding carboxylic acids is 1. The van der Waals surface area contributed by atoms with Gasteiger partial charge in [0.15, 0.2) is 5.03 Å². The number of sulfonamides is 1. The van der Waals surface area contributed by atoms with Crippen molar-refractivity contribution < 1.29 is 27.1 Å². The van der Waals surface area contributed by atoms with E-state index in [9.17, 15) is 27.1 Å². The lowest BCUT2D eigenvalue weighted by Crippen LogP contribution is -2.29. The number of aryl methyl sites for hydroxylation is 1. The lowest BCUT2D eigenvalue weighted by atomic mass is 9.94. The van der Waals surface area contributed by atoms with Crippen LogP contribution in [0.25, 0.3) is 22.0 Å². The summed E-state index contributed by atoms with van der Waals surface area (Å²) in [7, 11) is -0.987. The van der Waals surface area contributed by atoms with Crippen molar-refractivity contribution in [1.29, 1.82) is 0 Å². The van der Waals surface area contributed by atoms with Crippen LogP contribution in [0.2, 0.25) is 0 Å². The van der Waals surface area contributed by atoms with Crippen molar-refractivity contribution in [2.45, 2.75) is 43.9 Å². The van der Waals surface area contributed by atoms with E-state index in [1.165, 1.54) is 44.6 Å². The molecule has 3 N–H and O–H groups in total. The van der Waals surface area contributed by atoms with Crippen molar-refractivity contribution in [2.75, 3.05) is 7.05 Å². The number of pyridine rings is 1. The fourth-order valence-electron chi connectivity index (χ4n) is 4.50. The Morgan fingerprint density at radius 3 is 2.41 bits per heavy atom. The number of hydrogen-bond donors (Lipinski definition) is 3. The van der Waals surface area contributed by atoms with Crippen LogP contribution in [0, 0.1) is 23.5 Å². The van der Waals surface area contributed by atoms with E-state index >= 15 is 0 Å². The number of carbonyl (C=O) groups is 1. The van der Waals surface area contributed by atoms with Crippen molar-refractivity contribution in [3.05, 3.63) is 77.1 Å². The molecule has 41 heavy (non-hydrogen) atoms. The molecular formula is C29H29F2N5O4S. The van der Waals surface area contributed by atoms with E-state index < -0.39 is 39.2 Å². The summed E-state index contributed by atoms with van der Waals surface area (Å²) in [6.45, 7) is 4.36. The molecule has 0 saturated heterocycles. The second-order valence-corrected chi connectivity index (χ2v) is 11.8. The summed E-state index contributed by atoms with van der Waals surface area (Å²) in [4.78, 5) is 17.0. The summed E-state index contributed by atoms with van der Waals surface area (Å²) in [5.41, 5.74) is 1.13. The second-order valence-electron chi connectivity index (χ2n) is 10.0. The van der Waals surface area contributed by atoms with Crippen LogP contribution in [-0.2, 0) is 28.3 Å². The second kappa shape index (κ2) is 11.4. The van der Waals surface area contributed by atoms with Gasteiger partial charge >= 0.3 is 0 Å². The first-order valence-corrected chi connectivity index (χ1v) is 14.0. The zero-order chi connectivity index (χ0) is 30.1. The van der Waals surface area contributed by atoms with Crippen LogP contribution in [0.1, 0.15) is 43.8 Å². The van der Waals surface area contributed by atoms with Gasteiger partial charge in [-0.15, -0.1) is 0 Å². The van der Waals surface area contributed by atoms with Gasteiger partial charge in [0.25, 0.3) is 10.0 Å². The summed E-state index contributed by atoms with van der Waals surface area (Å²) in [6.07, 6.45) is -0.0165. The van der Waals surface area contributed by atoms with Gasteiger partial charge in [-0.05, 0) is 69.1 Å². The molecule has 0 spiro atoms. The van der Waals surface area contributed by atoms with Gasteiger partial charge in [-0.25, -0.2) is 26.9 Å². The van der Waals surface area contributed by atoms with Crippen LogP contribution in [0.3, 0.4) is 0 Å². The highest BCUT2D eigenvalue weighted by Gasteiger charge is 2.26. The molecule has 0 bridgehead atoms. The van der Waals surface area contributed by atoms with E-state index in [1.54, 1.807) is 37.4 Å². The molecule has 4 aromatic rings. The highest BCUT2D eigenvalue weighted by atomic mass is 32.2. The molecule has 12 heteroatoms. The molecule has 2 aromatic heterocycles. The van der Waals surface area contributed by atoms with Crippen LogP contribution in [0.15, 0.2) is 53.6 Å². The Hall–Kier alpha value is -4.18. The Morgan fingerprint density at radius 2 is 1.80 bits per heavy atom. The van der Waals surface area contributed by atoms with Crippen molar-refractivity contribution >= 4 is 26.8 Å². The maximum Gasteiger partial charge on any atom is 0.260 e. The van der Waals surface area contributed by atoms with Gasteiger partial charge in [0.2, 0.25) is 5.91 Å². The monoisotopic (exact) mass is 581 g/mol. The maximum absolute atomic E-state index is 14.1. The zero-order valence-electron chi connectivity index (χ0n) is 23.1. The lowest BCUT2D eigenvalue weighted by molar-refractivity contribution is -0.119. The van der Waals surface area contributed by atoms with Crippen molar-refractivity contribution in [3.8, 4) is 23.0 Å². The molecule has 9 nitrogen and oxygen atoms in total. The molecule has 2 aromatic carbocycles. The quantitative estimate of drug-likeness (QED) is 0.288. The summed E-state index contributed by atoms with van der Waals surface area (Å²) >= 11 is 0. The predicted octanol–water partition coefficient (Wildman–Crippen LogP) is 3.36. The van der Waals surface area contributed by atoms with Crippen LogP contribution < -0.4 is 10.0 Å². The average molecular weight is 582 g/mol. The highest BCUT2D eigenvalue weighted by molar-refractivity contribution is 7.89. The number of hydrogen-bond acceptors (Lipinski definition) is 6. The van der Waals surface area contributed by atoms with Crippen LogP contribution >= 0.6 is 0 Å². The van der Waals surface area contributed by atoms with Crippen LogP contribution in [-0.4, -0.2) is 46.8 Å². The Kier molecular flexibility index (Phi) is 8.26. The highest BCUT2D eigenvalue weighted by Crippen LogP contribution is 2.36. The molecule has 1 atom stereocenters. The van der Waals surface area contributed by atoms with E-state index in [1.807, 2.05) is 0 Å². The summed E-state index contributed by atoms with van der Waals surface area (Å²) in [5.74, 6) is 3.59. The van der Waals surface area contributed by atoms with Gasteiger partial charge in [0, 0.05) is 36.6 Å². The first kappa shape index (κ1) is 29.8. The summed E-state index contributed by atoms with van der Waals surface area (Å²) in [5, 5.41) is 17.4. The first-order chi connectivity index (χ1) is 19.2. The van der Waals surface area contributed by atoms with E-state index in [4.69, 9.17) is 4.98 Å². The standard InChI is InChI=1S/C29H29F2N5O4S/c1-17(37)33-25(15-18-13-19(30)16-20(31)14-18)26-22(10-9-21(34-26)11-12-29(2,3)38)23-7-6-8-24-27(23)36(5)35-28(24)41(39,40)32-4/h6-10,13-14,16,25,32,38H,15H2,1-5H3,(H,33,37)/t25-/m0/s1. The van der Waals surface area contributed by atoms with E-state index in [0.717, 1.165) is 6.07 Å². The number of benzene rings is 2. The minimum Gasteiger partial charge on any atom is -0.378 e. The average Bonchev–Trinajstić information content (AvgIpc) is 3.23. The fourth-order valence-corrected chi connectivity index (χ4v) is 5.38. The number of aromatic nitrogens is 3. The molecule has 2 heterocycles. The van der Waals surface area contributed by atoms with E-state index in [2.05, 4.69) is 27.0 Å². The molecule has 0 radical (unpaired) electrons. The maximum atomic E-state index is 14.1. The van der Waals surface area contributed by atoms with Crippen molar-refractivity contribution in [2.24, 2.45) is 7.05 Å². The minimum absolute atomic E-state index is 0.0165. The number of para-hydroxylation sites is 1. The van der Waals surface area contributed by atoms with E-state index in [0.29, 0.717) is 27.7 Å². The van der Waals surface area contributed by atoms with Gasteiger partial charge in [-0.3, -0.25) is 9.48 Å². The van der Waals surface area contributed by atoms with E-state index in [-0.39, 0.29) is 22.7 Å². The number of nitrogens with zero attached hydrogens (tertiary/aromatic N) is 3. The number of halogens is 2. The summed E-state index contributed by atoms with van der Waals surface area (Å²) in [6, 6.07) is 10.6. The topological polar surface area (TPSA) is 126 Å². The van der Waals surface area contributed by atoms with Crippen molar-refractivity contribution in [3.63, 3.8) is 0 Å². The van der Waals surface area contributed by atoms with Gasteiger partial charge in [-0.2, -0.15) is 5.10 Å². The molecule has 0 aliphatic rings. The number of amides is 1. The Labute approximate surface area is 236 Å². The molecule has 0 aliphatic carbocycles. The zero-order valence-corrected chi connectivity index (χ0v) is 23.9. The Bertz CT molecular complexity index is 1800. The van der Waals surface area contributed by atoms with Gasteiger partial charge < -0.3 is 10.4 Å². The molecule has 1 amide bonds. The Morgan fingerprint density at radius 1 is 1.12 bits per heavy atom. The molecule has 4 rings (SSSR count). The SMILES string of the molecule is CNS(=O)(=O)c1nn(C)c2c(-c3ccc(C#CC(C)(C)O)nc3[C@H](Cc3cc(F)cc(F)c3)NC(C)=O)cccc12. The normalized spacial score (nSPS) is 12.6. The van der Waals surface area contributed by atoms with Gasteiger partial charge in [-0.1, -0.05) is 18.1 Å². The third kappa shape index (κ3) is 6.77. The van der Waals surface area contributed by atoms with Crippen molar-refractivity contribution in [1.82, 2.24) is 24.8 Å². The number of aliphatic hydroxyl groups is 1. The molecule has 0 aliphatic heterocycles. The molecule has 214 valence electrons. The fraction of sp³-hybridized carbons (Fsp3) is 0.276.